The number of rotatable bonds is 3. The average Bonchev–Trinajstić information content (AvgIpc) is 3.19. The topological polar surface area (TPSA) is 66.4 Å². The van der Waals surface area contributed by atoms with Crippen molar-refractivity contribution in [1.29, 1.82) is 0 Å². The zero-order chi connectivity index (χ0) is 13.4. The van der Waals surface area contributed by atoms with Crippen LogP contribution in [0.25, 0.3) is 0 Å². The van der Waals surface area contributed by atoms with E-state index in [1.165, 1.54) is 11.1 Å². The minimum absolute atomic E-state index is 0.0863. The van der Waals surface area contributed by atoms with E-state index in [2.05, 4.69) is 17.4 Å². The number of hydrogen-bond donors (Lipinski definition) is 2. The molecule has 1 aromatic carbocycles. The molecule has 0 aromatic heterocycles. The molecule has 1 amide bonds. The van der Waals surface area contributed by atoms with Crippen LogP contribution in [-0.4, -0.2) is 23.0 Å². The van der Waals surface area contributed by atoms with Crippen molar-refractivity contribution >= 4 is 11.9 Å². The summed E-state index contributed by atoms with van der Waals surface area (Å²) in [4.78, 5) is 22.7. The van der Waals surface area contributed by atoms with E-state index >= 15 is 0 Å². The summed E-state index contributed by atoms with van der Waals surface area (Å²) in [5, 5.41) is 11.8. The molecule has 0 bridgehead atoms. The highest BCUT2D eigenvalue weighted by molar-refractivity contribution is 5.89. The molecule has 0 radical (unpaired) electrons. The number of aryl methyl sites for hydroxylation is 1. The number of aliphatic carboxylic acids is 1. The largest absolute Gasteiger partial charge is 0.481 e. The first kappa shape index (κ1) is 12.2. The molecule has 0 saturated heterocycles. The summed E-state index contributed by atoms with van der Waals surface area (Å²) in [6.45, 7) is 0. The van der Waals surface area contributed by atoms with Gasteiger partial charge in [0.15, 0.2) is 0 Å². The van der Waals surface area contributed by atoms with Crippen molar-refractivity contribution in [2.24, 2.45) is 11.8 Å². The molecular formula is C15H17NO3. The maximum absolute atomic E-state index is 11.9. The highest BCUT2D eigenvalue weighted by atomic mass is 16.4. The lowest BCUT2D eigenvalue weighted by Crippen LogP contribution is -2.40. The Morgan fingerprint density at radius 3 is 2.58 bits per heavy atom. The van der Waals surface area contributed by atoms with Crippen LogP contribution in [0.1, 0.15) is 24.0 Å². The van der Waals surface area contributed by atoms with Crippen LogP contribution in [0.2, 0.25) is 0 Å². The lowest BCUT2D eigenvalue weighted by molar-refractivity contribution is -0.140. The van der Waals surface area contributed by atoms with E-state index in [1.54, 1.807) is 0 Å². The molecule has 2 N–H and O–H groups in total. The standard InChI is InChI=1S/C15H17NO3/c17-14(12-8-13(12)15(18)19)16-11-6-5-9-3-1-2-4-10(9)7-11/h1-4,11-13H,5-8H2,(H,16,17)(H,18,19)/t11?,12-,13+/m1/s1. The summed E-state index contributed by atoms with van der Waals surface area (Å²) in [7, 11) is 0. The van der Waals surface area contributed by atoms with Crippen molar-refractivity contribution in [2.75, 3.05) is 0 Å². The summed E-state index contributed by atoms with van der Waals surface area (Å²) >= 11 is 0. The van der Waals surface area contributed by atoms with Gasteiger partial charge in [0.1, 0.15) is 0 Å². The van der Waals surface area contributed by atoms with E-state index in [9.17, 15) is 9.59 Å². The van der Waals surface area contributed by atoms with Crippen LogP contribution in [0, 0.1) is 11.8 Å². The second-order valence-corrected chi connectivity index (χ2v) is 5.50. The molecule has 0 heterocycles. The highest BCUT2D eigenvalue weighted by Crippen LogP contribution is 2.39. The molecule has 100 valence electrons. The summed E-state index contributed by atoms with van der Waals surface area (Å²) < 4.78 is 0. The molecule has 1 unspecified atom stereocenters. The monoisotopic (exact) mass is 259 g/mol. The fraction of sp³-hybridized carbons (Fsp3) is 0.467. The molecule has 19 heavy (non-hydrogen) atoms. The first-order valence-electron chi connectivity index (χ1n) is 6.75. The van der Waals surface area contributed by atoms with Gasteiger partial charge in [0.05, 0.1) is 11.8 Å². The maximum atomic E-state index is 11.9. The van der Waals surface area contributed by atoms with Gasteiger partial charge in [0, 0.05) is 6.04 Å². The fourth-order valence-electron chi connectivity index (χ4n) is 2.89. The van der Waals surface area contributed by atoms with E-state index in [0.29, 0.717) is 6.42 Å². The van der Waals surface area contributed by atoms with Gasteiger partial charge in [-0.1, -0.05) is 24.3 Å². The van der Waals surface area contributed by atoms with E-state index < -0.39 is 11.9 Å². The molecule has 1 fully saturated rings. The number of amides is 1. The Hall–Kier alpha value is -1.84. The van der Waals surface area contributed by atoms with Gasteiger partial charge in [-0.05, 0) is 36.8 Å². The van der Waals surface area contributed by atoms with Gasteiger partial charge in [-0.25, -0.2) is 0 Å². The van der Waals surface area contributed by atoms with Crippen LogP contribution in [0.5, 0.6) is 0 Å². The van der Waals surface area contributed by atoms with Gasteiger partial charge in [-0.2, -0.15) is 0 Å². The Morgan fingerprint density at radius 1 is 1.16 bits per heavy atom. The van der Waals surface area contributed by atoms with Crippen molar-refractivity contribution in [2.45, 2.75) is 31.7 Å². The minimum atomic E-state index is -0.853. The molecule has 1 saturated carbocycles. The van der Waals surface area contributed by atoms with Gasteiger partial charge in [-0.3, -0.25) is 9.59 Å². The molecule has 4 heteroatoms. The summed E-state index contributed by atoms with van der Waals surface area (Å²) in [6.07, 6.45) is 3.26. The third-order valence-electron chi connectivity index (χ3n) is 4.14. The van der Waals surface area contributed by atoms with E-state index in [4.69, 9.17) is 5.11 Å². The molecule has 1 aromatic rings. The molecule has 0 aliphatic heterocycles. The number of benzene rings is 1. The van der Waals surface area contributed by atoms with E-state index in [1.807, 2.05) is 12.1 Å². The Morgan fingerprint density at radius 2 is 1.89 bits per heavy atom. The van der Waals surface area contributed by atoms with Crippen molar-refractivity contribution in [1.82, 2.24) is 5.32 Å². The number of carboxylic acid groups (broad SMARTS) is 1. The van der Waals surface area contributed by atoms with Gasteiger partial charge < -0.3 is 10.4 Å². The lowest BCUT2D eigenvalue weighted by Gasteiger charge is -2.25. The Labute approximate surface area is 111 Å². The first-order valence-corrected chi connectivity index (χ1v) is 6.75. The highest BCUT2D eigenvalue weighted by Gasteiger charge is 2.48. The Bertz CT molecular complexity index is 526. The van der Waals surface area contributed by atoms with E-state index in [0.717, 1.165) is 19.3 Å². The number of hydrogen-bond acceptors (Lipinski definition) is 2. The van der Waals surface area contributed by atoms with Crippen molar-refractivity contribution in [3.8, 4) is 0 Å². The lowest BCUT2D eigenvalue weighted by atomic mass is 9.88. The van der Waals surface area contributed by atoms with Crippen molar-refractivity contribution < 1.29 is 14.7 Å². The second-order valence-electron chi connectivity index (χ2n) is 5.50. The molecule has 4 nitrogen and oxygen atoms in total. The van der Waals surface area contributed by atoms with Crippen LogP contribution in [-0.2, 0) is 22.4 Å². The quantitative estimate of drug-likeness (QED) is 0.861. The number of nitrogens with one attached hydrogen (secondary N) is 1. The Kier molecular flexibility index (Phi) is 3.01. The number of carboxylic acids is 1. The summed E-state index contributed by atoms with van der Waals surface area (Å²) in [6, 6.07) is 8.45. The third kappa shape index (κ3) is 2.48. The van der Waals surface area contributed by atoms with Crippen LogP contribution in [0.15, 0.2) is 24.3 Å². The SMILES string of the molecule is O=C(O)[C@H]1C[C@H]1C(=O)NC1CCc2ccccc2C1. The molecule has 0 spiro atoms. The van der Waals surface area contributed by atoms with Crippen LogP contribution in [0.4, 0.5) is 0 Å². The van der Waals surface area contributed by atoms with E-state index in [-0.39, 0.29) is 17.9 Å². The second kappa shape index (κ2) is 4.68. The minimum Gasteiger partial charge on any atom is -0.481 e. The van der Waals surface area contributed by atoms with Gasteiger partial charge in [0.25, 0.3) is 0 Å². The van der Waals surface area contributed by atoms with Crippen molar-refractivity contribution in [3.05, 3.63) is 35.4 Å². The van der Waals surface area contributed by atoms with Crippen molar-refractivity contribution in [3.63, 3.8) is 0 Å². The zero-order valence-electron chi connectivity index (χ0n) is 10.6. The molecule has 3 atom stereocenters. The Balaban J connectivity index is 1.58. The summed E-state index contributed by atoms with van der Waals surface area (Å²) in [5.41, 5.74) is 2.66. The fourth-order valence-corrected chi connectivity index (χ4v) is 2.89. The third-order valence-corrected chi connectivity index (χ3v) is 4.14. The number of carbonyl (C=O) groups is 2. The van der Waals surface area contributed by atoms with Crippen LogP contribution >= 0.6 is 0 Å². The average molecular weight is 259 g/mol. The predicted octanol–water partition coefficient (Wildman–Crippen LogP) is 1.38. The molecule has 2 aliphatic rings. The molecular weight excluding hydrogens is 242 g/mol. The van der Waals surface area contributed by atoms with Crippen LogP contribution in [0.3, 0.4) is 0 Å². The van der Waals surface area contributed by atoms with Gasteiger partial charge >= 0.3 is 5.97 Å². The maximum Gasteiger partial charge on any atom is 0.307 e. The summed E-state index contributed by atoms with van der Waals surface area (Å²) in [5.74, 6) is -1.71. The normalized spacial score (nSPS) is 28.3. The zero-order valence-corrected chi connectivity index (χ0v) is 10.6. The first-order chi connectivity index (χ1) is 9.15. The smallest absolute Gasteiger partial charge is 0.307 e. The molecule has 2 aliphatic carbocycles. The predicted molar refractivity (Wildman–Crippen MR) is 69.6 cm³/mol. The van der Waals surface area contributed by atoms with Gasteiger partial charge in [-0.15, -0.1) is 0 Å². The van der Waals surface area contributed by atoms with Crippen LogP contribution < -0.4 is 5.32 Å². The molecule has 3 rings (SSSR count). The number of fused-ring (bicyclic) bond motifs is 1. The van der Waals surface area contributed by atoms with Gasteiger partial charge in [0.2, 0.25) is 5.91 Å². The number of carbonyl (C=O) groups excluding carboxylic acids is 1.